The zero-order valence-electron chi connectivity index (χ0n) is 15.4. The van der Waals surface area contributed by atoms with Gasteiger partial charge >= 0.3 is 5.97 Å². The Balaban J connectivity index is 1.59. The van der Waals surface area contributed by atoms with E-state index in [0.29, 0.717) is 29.5 Å². The number of rotatable bonds is 9. The van der Waals surface area contributed by atoms with Gasteiger partial charge in [-0.2, -0.15) is 4.98 Å². The molecule has 0 spiro atoms. The maximum Gasteiger partial charge on any atom is 0.315 e. The number of carboxylic acids is 1. The third-order valence-electron chi connectivity index (χ3n) is 4.70. The van der Waals surface area contributed by atoms with Crippen molar-refractivity contribution >= 4 is 11.9 Å². The lowest BCUT2D eigenvalue weighted by molar-refractivity contribution is -0.144. The number of hydrogen-bond donors (Lipinski definition) is 2. The van der Waals surface area contributed by atoms with Crippen molar-refractivity contribution < 1.29 is 23.6 Å². The predicted molar refractivity (Wildman–Crippen MR) is 99.4 cm³/mol. The van der Waals surface area contributed by atoms with Gasteiger partial charge in [-0.3, -0.25) is 9.59 Å². The highest BCUT2D eigenvalue weighted by molar-refractivity contribution is 5.83. The van der Waals surface area contributed by atoms with Crippen LogP contribution in [-0.2, 0) is 21.4 Å². The highest BCUT2D eigenvalue weighted by Crippen LogP contribution is 2.28. The number of aliphatic carboxylic acids is 1. The molecule has 8 heteroatoms. The molecule has 0 bridgehead atoms. The average molecular weight is 383 g/mol. The molecule has 0 saturated heterocycles. The van der Waals surface area contributed by atoms with Crippen LogP contribution >= 0.6 is 0 Å². The molecule has 0 aliphatic rings. The van der Waals surface area contributed by atoms with Crippen molar-refractivity contribution in [2.45, 2.75) is 31.6 Å². The first-order valence-electron chi connectivity index (χ1n) is 8.97. The number of benzene rings is 1. The minimum atomic E-state index is -1.17. The van der Waals surface area contributed by atoms with Gasteiger partial charge < -0.3 is 19.4 Å². The molecule has 0 aliphatic heterocycles. The van der Waals surface area contributed by atoms with Crippen LogP contribution in [0, 0.1) is 0 Å². The maximum atomic E-state index is 12.3. The first-order chi connectivity index (χ1) is 13.5. The second-order valence-corrected chi connectivity index (χ2v) is 6.37. The number of aryl methyl sites for hydroxylation is 1. The number of hydrogen-bond acceptors (Lipinski definition) is 6. The molecule has 3 rings (SSSR count). The molecule has 2 aromatic heterocycles. The number of amides is 1. The molecule has 2 N–H and O–H groups in total. The van der Waals surface area contributed by atoms with E-state index in [9.17, 15) is 14.7 Å². The van der Waals surface area contributed by atoms with E-state index in [1.54, 1.807) is 43.3 Å². The number of carbonyl (C=O) groups is 2. The maximum absolute atomic E-state index is 12.3. The fourth-order valence-electron chi connectivity index (χ4n) is 2.96. The topological polar surface area (TPSA) is 118 Å². The Hall–Kier alpha value is -3.42. The average Bonchev–Trinajstić information content (AvgIpc) is 3.39. The molecule has 1 unspecified atom stereocenters. The Bertz CT molecular complexity index is 920. The third-order valence-corrected chi connectivity index (χ3v) is 4.70. The number of carbonyl (C=O) groups excluding carboxylic acids is 1. The molecule has 0 aliphatic carbocycles. The quantitative estimate of drug-likeness (QED) is 0.583. The summed E-state index contributed by atoms with van der Waals surface area (Å²) in [7, 11) is 0. The van der Waals surface area contributed by atoms with E-state index in [-0.39, 0.29) is 25.3 Å². The lowest BCUT2D eigenvalue weighted by Crippen LogP contribution is -2.46. The van der Waals surface area contributed by atoms with E-state index in [1.807, 2.05) is 6.07 Å². The van der Waals surface area contributed by atoms with Gasteiger partial charge in [-0.1, -0.05) is 42.4 Å². The van der Waals surface area contributed by atoms with Gasteiger partial charge in [0.05, 0.1) is 6.26 Å². The predicted octanol–water partition coefficient (Wildman–Crippen LogP) is 2.81. The number of aromatic nitrogens is 2. The van der Waals surface area contributed by atoms with Crippen LogP contribution in [0.1, 0.15) is 31.2 Å². The third kappa shape index (κ3) is 4.11. The summed E-state index contributed by atoms with van der Waals surface area (Å²) in [6.07, 6.45) is 2.21. The van der Waals surface area contributed by atoms with Gasteiger partial charge in [-0.05, 0) is 24.1 Å². The molecule has 0 fully saturated rings. The number of nitrogens with zero attached hydrogens (tertiary/aromatic N) is 2. The monoisotopic (exact) mass is 383 g/mol. The largest absolute Gasteiger partial charge is 0.481 e. The number of carboxylic acid groups (broad SMARTS) is 1. The van der Waals surface area contributed by atoms with Crippen molar-refractivity contribution in [3.05, 3.63) is 60.2 Å². The standard InChI is InChI=1S/C20H21N3O5/c1-2-20(19(25)26,14-7-4-3-5-8-14)13-21-16(24)10-11-17-22-18(23-28-17)15-9-6-12-27-15/h3-9,12H,2,10-11,13H2,1H3,(H,21,24)(H,25,26). The Morgan fingerprint density at radius 2 is 1.96 bits per heavy atom. The van der Waals surface area contributed by atoms with Crippen LogP contribution in [0.3, 0.4) is 0 Å². The fraction of sp³-hybridized carbons (Fsp3) is 0.300. The van der Waals surface area contributed by atoms with Crippen LogP contribution in [0.25, 0.3) is 11.6 Å². The van der Waals surface area contributed by atoms with E-state index < -0.39 is 11.4 Å². The van der Waals surface area contributed by atoms with E-state index in [1.165, 1.54) is 6.26 Å². The minimum Gasteiger partial charge on any atom is -0.481 e. The normalized spacial score (nSPS) is 13.0. The van der Waals surface area contributed by atoms with Crippen LogP contribution in [0.2, 0.25) is 0 Å². The van der Waals surface area contributed by atoms with E-state index in [4.69, 9.17) is 8.94 Å². The van der Waals surface area contributed by atoms with Crippen LogP contribution in [0.4, 0.5) is 0 Å². The fourth-order valence-corrected chi connectivity index (χ4v) is 2.96. The summed E-state index contributed by atoms with van der Waals surface area (Å²) in [5.74, 6) is -0.143. The number of nitrogens with one attached hydrogen (secondary N) is 1. The summed E-state index contributed by atoms with van der Waals surface area (Å²) >= 11 is 0. The van der Waals surface area contributed by atoms with Crippen LogP contribution in [0.5, 0.6) is 0 Å². The van der Waals surface area contributed by atoms with E-state index in [0.717, 1.165) is 0 Å². The molecule has 2 heterocycles. The van der Waals surface area contributed by atoms with Gasteiger partial charge in [-0.15, -0.1) is 0 Å². The molecular weight excluding hydrogens is 362 g/mol. The highest BCUT2D eigenvalue weighted by atomic mass is 16.5. The van der Waals surface area contributed by atoms with Crippen molar-refractivity contribution in [3.8, 4) is 11.6 Å². The molecule has 1 amide bonds. The summed E-state index contributed by atoms with van der Waals surface area (Å²) in [6, 6.07) is 12.4. The molecule has 0 saturated carbocycles. The van der Waals surface area contributed by atoms with Crippen molar-refractivity contribution in [2.24, 2.45) is 0 Å². The second-order valence-electron chi connectivity index (χ2n) is 6.37. The Morgan fingerprint density at radius 3 is 2.61 bits per heavy atom. The van der Waals surface area contributed by atoms with Crippen LogP contribution < -0.4 is 5.32 Å². The molecular formula is C20H21N3O5. The van der Waals surface area contributed by atoms with Gasteiger partial charge in [0, 0.05) is 19.4 Å². The van der Waals surface area contributed by atoms with Gasteiger partial charge in [0.1, 0.15) is 5.41 Å². The lowest BCUT2D eigenvalue weighted by Gasteiger charge is -2.29. The van der Waals surface area contributed by atoms with Crippen molar-refractivity contribution in [1.29, 1.82) is 0 Å². The van der Waals surface area contributed by atoms with Crippen LogP contribution in [-0.4, -0.2) is 33.7 Å². The Morgan fingerprint density at radius 1 is 1.18 bits per heavy atom. The molecule has 1 atom stereocenters. The van der Waals surface area contributed by atoms with Gasteiger partial charge in [0.15, 0.2) is 5.76 Å². The first kappa shape index (κ1) is 19.3. The molecule has 3 aromatic rings. The minimum absolute atomic E-state index is 0.00313. The molecule has 8 nitrogen and oxygen atoms in total. The van der Waals surface area contributed by atoms with Gasteiger partial charge in [0.25, 0.3) is 0 Å². The molecule has 1 aromatic carbocycles. The summed E-state index contributed by atoms with van der Waals surface area (Å²) in [4.78, 5) is 28.4. The highest BCUT2D eigenvalue weighted by Gasteiger charge is 2.38. The number of furan rings is 1. The van der Waals surface area contributed by atoms with Crippen molar-refractivity contribution in [2.75, 3.05) is 6.54 Å². The van der Waals surface area contributed by atoms with Crippen molar-refractivity contribution in [3.63, 3.8) is 0 Å². The SMILES string of the molecule is CCC(CNC(=O)CCc1nc(-c2ccco2)no1)(C(=O)O)c1ccccc1. The molecule has 0 radical (unpaired) electrons. The Kier molecular flexibility index (Phi) is 5.88. The summed E-state index contributed by atoms with van der Waals surface area (Å²) in [5.41, 5.74) is -0.515. The van der Waals surface area contributed by atoms with Crippen molar-refractivity contribution in [1.82, 2.24) is 15.5 Å². The van der Waals surface area contributed by atoms with Gasteiger partial charge in [-0.25, -0.2) is 0 Å². The first-order valence-corrected chi connectivity index (χ1v) is 8.97. The van der Waals surface area contributed by atoms with Gasteiger partial charge in [0.2, 0.25) is 17.6 Å². The molecule has 28 heavy (non-hydrogen) atoms. The zero-order valence-corrected chi connectivity index (χ0v) is 15.4. The Labute approximate surface area is 161 Å². The summed E-state index contributed by atoms with van der Waals surface area (Å²) in [5, 5.41) is 16.3. The van der Waals surface area contributed by atoms with E-state index >= 15 is 0 Å². The summed E-state index contributed by atoms with van der Waals surface area (Å²) < 4.78 is 10.3. The zero-order chi connectivity index (χ0) is 20.0. The van der Waals surface area contributed by atoms with E-state index in [2.05, 4.69) is 15.5 Å². The second kappa shape index (κ2) is 8.51. The van der Waals surface area contributed by atoms with Crippen LogP contribution in [0.15, 0.2) is 57.7 Å². The summed E-state index contributed by atoms with van der Waals surface area (Å²) in [6.45, 7) is 1.80. The smallest absolute Gasteiger partial charge is 0.315 e. The lowest BCUT2D eigenvalue weighted by atomic mass is 9.78. The molecule has 146 valence electrons.